The molecular weight excluding hydrogens is 292 g/mol. The molecule has 2 rings (SSSR count). The molecule has 0 aliphatic rings. The molecule has 0 unspecified atom stereocenters. The van der Waals surface area contributed by atoms with Crippen molar-refractivity contribution in [2.24, 2.45) is 0 Å². The van der Waals surface area contributed by atoms with E-state index in [1.54, 1.807) is 0 Å². The largest absolute Gasteiger partial charge is 0.323 e. The molecule has 2 N–H and O–H groups in total. The van der Waals surface area contributed by atoms with E-state index >= 15 is 0 Å². The number of aryl methyl sites for hydroxylation is 1. The third-order valence-electron chi connectivity index (χ3n) is 2.48. The number of nitrogens with one attached hydrogen (secondary N) is 2. The lowest BCUT2D eigenvalue weighted by Gasteiger charge is -2.09. The number of carbonyl (C=O) groups excluding carboxylic acids is 1. The number of halogens is 1. The van der Waals surface area contributed by atoms with Crippen molar-refractivity contribution in [2.45, 2.75) is 6.92 Å². The number of hydrogen-bond acceptors (Lipinski definition) is 1. The summed E-state index contributed by atoms with van der Waals surface area (Å²) in [6.45, 7) is 1.95. The van der Waals surface area contributed by atoms with Gasteiger partial charge in [-0.3, -0.25) is 0 Å². The zero-order valence-electron chi connectivity index (χ0n) is 9.91. The van der Waals surface area contributed by atoms with Crippen LogP contribution in [0.15, 0.2) is 53.0 Å². The van der Waals surface area contributed by atoms with Crippen molar-refractivity contribution in [3.8, 4) is 0 Å². The quantitative estimate of drug-likeness (QED) is 0.848. The molecule has 0 aromatic heterocycles. The lowest BCUT2D eigenvalue weighted by atomic mass is 10.2. The Morgan fingerprint density at radius 2 is 1.83 bits per heavy atom. The molecule has 0 radical (unpaired) electrons. The monoisotopic (exact) mass is 304 g/mol. The van der Waals surface area contributed by atoms with E-state index in [1.807, 2.05) is 55.5 Å². The number of para-hydroxylation sites is 1. The van der Waals surface area contributed by atoms with Crippen molar-refractivity contribution >= 4 is 33.3 Å². The minimum atomic E-state index is -0.248. The Morgan fingerprint density at radius 1 is 1.06 bits per heavy atom. The van der Waals surface area contributed by atoms with Gasteiger partial charge in [0, 0.05) is 15.8 Å². The van der Waals surface area contributed by atoms with Gasteiger partial charge in [-0.1, -0.05) is 40.2 Å². The average Bonchev–Trinajstić information content (AvgIpc) is 2.32. The average molecular weight is 305 g/mol. The fourth-order valence-electron chi connectivity index (χ4n) is 1.56. The zero-order valence-corrected chi connectivity index (χ0v) is 11.5. The molecule has 2 aromatic rings. The maximum absolute atomic E-state index is 11.8. The highest BCUT2D eigenvalue weighted by molar-refractivity contribution is 9.10. The van der Waals surface area contributed by atoms with Gasteiger partial charge >= 0.3 is 6.03 Å². The molecule has 92 valence electrons. The van der Waals surface area contributed by atoms with Crippen LogP contribution in [0.2, 0.25) is 0 Å². The van der Waals surface area contributed by atoms with E-state index in [1.165, 1.54) is 0 Å². The van der Waals surface area contributed by atoms with Gasteiger partial charge in [0.1, 0.15) is 0 Å². The number of hydrogen-bond donors (Lipinski definition) is 2. The Hall–Kier alpha value is -1.81. The number of urea groups is 1. The van der Waals surface area contributed by atoms with Gasteiger partial charge in [0.2, 0.25) is 0 Å². The smallest absolute Gasteiger partial charge is 0.308 e. The summed E-state index contributed by atoms with van der Waals surface area (Å²) in [5, 5.41) is 5.59. The molecule has 0 fully saturated rings. The summed E-state index contributed by atoms with van der Waals surface area (Å²) in [6.07, 6.45) is 0. The second-order valence-electron chi connectivity index (χ2n) is 3.90. The number of benzene rings is 2. The van der Waals surface area contributed by atoms with E-state index in [2.05, 4.69) is 26.6 Å². The van der Waals surface area contributed by atoms with Crippen LogP contribution >= 0.6 is 15.9 Å². The summed E-state index contributed by atoms with van der Waals surface area (Å²) in [5.74, 6) is 0. The Morgan fingerprint density at radius 3 is 2.56 bits per heavy atom. The molecule has 0 saturated heterocycles. The predicted molar refractivity (Wildman–Crippen MR) is 78.0 cm³/mol. The molecule has 0 saturated carbocycles. The van der Waals surface area contributed by atoms with Crippen molar-refractivity contribution in [3.63, 3.8) is 0 Å². The van der Waals surface area contributed by atoms with E-state index in [-0.39, 0.29) is 6.03 Å². The van der Waals surface area contributed by atoms with Gasteiger partial charge in [-0.15, -0.1) is 0 Å². The topological polar surface area (TPSA) is 41.1 Å². The third kappa shape index (κ3) is 3.34. The molecule has 18 heavy (non-hydrogen) atoms. The molecule has 0 spiro atoms. The Bertz CT molecular complexity index is 569. The van der Waals surface area contributed by atoms with Gasteiger partial charge in [0.05, 0.1) is 0 Å². The molecule has 0 aliphatic carbocycles. The summed E-state index contributed by atoms with van der Waals surface area (Å²) >= 11 is 3.36. The van der Waals surface area contributed by atoms with Crippen LogP contribution in [0.3, 0.4) is 0 Å². The van der Waals surface area contributed by atoms with Crippen molar-refractivity contribution < 1.29 is 4.79 Å². The molecule has 0 aliphatic heterocycles. The van der Waals surface area contributed by atoms with Crippen LogP contribution in [-0.2, 0) is 0 Å². The lowest BCUT2D eigenvalue weighted by molar-refractivity contribution is 0.262. The fraction of sp³-hybridized carbons (Fsp3) is 0.0714. The highest BCUT2D eigenvalue weighted by Gasteiger charge is 2.04. The second-order valence-corrected chi connectivity index (χ2v) is 4.82. The first-order valence-corrected chi connectivity index (χ1v) is 6.33. The number of amides is 2. The highest BCUT2D eigenvalue weighted by atomic mass is 79.9. The van der Waals surface area contributed by atoms with Crippen LogP contribution in [0, 0.1) is 6.92 Å². The SMILES string of the molecule is Cc1ccccc1NC(=O)Nc1cccc(Br)c1. The molecule has 4 heteroatoms. The van der Waals surface area contributed by atoms with Gasteiger partial charge < -0.3 is 10.6 Å². The predicted octanol–water partition coefficient (Wildman–Crippen LogP) is 4.40. The second kappa shape index (κ2) is 5.69. The molecule has 0 atom stereocenters. The maximum Gasteiger partial charge on any atom is 0.323 e. The van der Waals surface area contributed by atoms with E-state index in [0.29, 0.717) is 0 Å². The van der Waals surface area contributed by atoms with Crippen LogP contribution in [0.4, 0.5) is 16.2 Å². The van der Waals surface area contributed by atoms with E-state index in [4.69, 9.17) is 0 Å². The zero-order chi connectivity index (χ0) is 13.0. The first kappa shape index (κ1) is 12.6. The van der Waals surface area contributed by atoms with E-state index < -0.39 is 0 Å². The van der Waals surface area contributed by atoms with Gasteiger partial charge in [-0.2, -0.15) is 0 Å². The lowest BCUT2D eigenvalue weighted by Crippen LogP contribution is -2.19. The Kier molecular flexibility index (Phi) is 3.99. The van der Waals surface area contributed by atoms with Gasteiger partial charge in [0.15, 0.2) is 0 Å². The summed E-state index contributed by atoms with van der Waals surface area (Å²) in [4.78, 5) is 11.8. The summed E-state index contributed by atoms with van der Waals surface area (Å²) in [6, 6.07) is 14.9. The van der Waals surface area contributed by atoms with Crippen LogP contribution < -0.4 is 10.6 Å². The maximum atomic E-state index is 11.8. The van der Waals surface area contributed by atoms with Crippen molar-refractivity contribution in [2.75, 3.05) is 10.6 Å². The van der Waals surface area contributed by atoms with Crippen LogP contribution in [-0.4, -0.2) is 6.03 Å². The molecule has 2 amide bonds. The minimum absolute atomic E-state index is 0.248. The summed E-state index contributed by atoms with van der Waals surface area (Å²) in [7, 11) is 0. The van der Waals surface area contributed by atoms with E-state index in [0.717, 1.165) is 21.4 Å². The minimum Gasteiger partial charge on any atom is -0.308 e. The number of carbonyl (C=O) groups is 1. The van der Waals surface area contributed by atoms with E-state index in [9.17, 15) is 4.79 Å². The van der Waals surface area contributed by atoms with Crippen molar-refractivity contribution in [3.05, 3.63) is 58.6 Å². The van der Waals surface area contributed by atoms with Crippen molar-refractivity contribution in [1.82, 2.24) is 0 Å². The number of anilines is 2. The Labute approximate surface area is 114 Å². The third-order valence-corrected chi connectivity index (χ3v) is 2.97. The normalized spacial score (nSPS) is 9.89. The van der Waals surface area contributed by atoms with Gasteiger partial charge in [0.25, 0.3) is 0 Å². The summed E-state index contributed by atoms with van der Waals surface area (Å²) < 4.78 is 0.927. The van der Waals surface area contributed by atoms with Crippen LogP contribution in [0.25, 0.3) is 0 Å². The first-order chi connectivity index (χ1) is 8.65. The van der Waals surface area contributed by atoms with Gasteiger partial charge in [-0.05, 0) is 36.8 Å². The molecule has 0 bridgehead atoms. The number of rotatable bonds is 2. The van der Waals surface area contributed by atoms with Crippen LogP contribution in [0.1, 0.15) is 5.56 Å². The molecule has 0 heterocycles. The highest BCUT2D eigenvalue weighted by Crippen LogP contribution is 2.17. The molecular formula is C14H13BrN2O. The summed E-state index contributed by atoms with van der Waals surface area (Å²) in [5.41, 5.74) is 2.59. The van der Waals surface area contributed by atoms with Gasteiger partial charge in [-0.25, -0.2) is 4.79 Å². The van der Waals surface area contributed by atoms with Crippen molar-refractivity contribution in [1.29, 1.82) is 0 Å². The molecule has 3 nitrogen and oxygen atoms in total. The Balaban J connectivity index is 2.03. The standard InChI is InChI=1S/C14H13BrN2O/c1-10-5-2-3-8-13(10)17-14(18)16-12-7-4-6-11(15)9-12/h2-9H,1H3,(H2,16,17,18). The fourth-order valence-corrected chi connectivity index (χ4v) is 1.96. The first-order valence-electron chi connectivity index (χ1n) is 5.54. The molecule has 2 aromatic carbocycles. The van der Waals surface area contributed by atoms with Crippen LogP contribution in [0.5, 0.6) is 0 Å².